The van der Waals surface area contributed by atoms with Gasteiger partial charge in [0.05, 0.1) is 11.3 Å². The van der Waals surface area contributed by atoms with Crippen LogP contribution in [0.2, 0.25) is 0 Å². The standard InChI is InChI=1S/C22H25N3O3/c1-4-5-6-7-10-14-13-25(24-23-14)21-17-18(26)15-11-8-9-12-16(15)19(27)20(17)28-22(21,2)3/h8-9,11-13,21H,4-7,10H2,1-3H3. The number of ether oxygens (including phenoxy) is 1. The predicted octanol–water partition coefficient (Wildman–Crippen LogP) is 4.08. The molecular formula is C22H25N3O3. The first-order valence-corrected chi connectivity index (χ1v) is 9.96. The van der Waals surface area contributed by atoms with Gasteiger partial charge in [0.1, 0.15) is 11.6 Å². The maximum absolute atomic E-state index is 13.2. The van der Waals surface area contributed by atoms with E-state index in [1.165, 1.54) is 19.3 Å². The molecule has 146 valence electrons. The number of fused-ring (bicyclic) bond motifs is 1. The predicted molar refractivity (Wildman–Crippen MR) is 104 cm³/mol. The first-order valence-electron chi connectivity index (χ1n) is 9.96. The van der Waals surface area contributed by atoms with Crippen LogP contribution in [0.5, 0.6) is 0 Å². The van der Waals surface area contributed by atoms with Crippen molar-refractivity contribution in [2.75, 3.05) is 0 Å². The molecule has 0 bridgehead atoms. The van der Waals surface area contributed by atoms with Crippen molar-refractivity contribution in [3.8, 4) is 0 Å². The molecule has 0 fully saturated rings. The molecule has 1 atom stereocenters. The van der Waals surface area contributed by atoms with Gasteiger partial charge in [0.25, 0.3) is 0 Å². The number of aromatic nitrogens is 3. The van der Waals surface area contributed by atoms with E-state index in [2.05, 4.69) is 17.2 Å². The van der Waals surface area contributed by atoms with Crippen LogP contribution in [0.3, 0.4) is 0 Å². The zero-order valence-electron chi connectivity index (χ0n) is 16.6. The fraction of sp³-hybridized carbons (Fsp3) is 0.455. The first-order chi connectivity index (χ1) is 13.4. The van der Waals surface area contributed by atoms with Crippen molar-refractivity contribution in [1.29, 1.82) is 0 Å². The number of aryl methyl sites for hydroxylation is 1. The zero-order valence-corrected chi connectivity index (χ0v) is 16.6. The quantitative estimate of drug-likeness (QED) is 0.707. The van der Waals surface area contributed by atoms with Crippen molar-refractivity contribution in [3.05, 3.63) is 58.6 Å². The molecular weight excluding hydrogens is 354 g/mol. The summed E-state index contributed by atoms with van der Waals surface area (Å²) >= 11 is 0. The van der Waals surface area contributed by atoms with Gasteiger partial charge in [-0.05, 0) is 26.7 Å². The van der Waals surface area contributed by atoms with Crippen LogP contribution in [-0.4, -0.2) is 32.2 Å². The lowest BCUT2D eigenvalue weighted by Gasteiger charge is -2.27. The largest absolute Gasteiger partial charge is 0.481 e. The summed E-state index contributed by atoms with van der Waals surface area (Å²) in [5, 5.41) is 8.58. The second-order valence-electron chi connectivity index (χ2n) is 8.06. The van der Waals surface area contributed by atoms with Gasteiger partial charge in [0.15, 0.2) is 11.5 Å². The van der Waals surface area contributed by atoms with Crippen molar-refractivity contribution in [2.45, 2.75) is 64.5 Å². The Bertz CT molecular complexity index is 971. The summed E-state index contributed by atoms with van der Waals surface area (Å²) in [6, 6.07) is 6.42. The molecule has 0 amide bonds. The van der Waals surface area contributed by atoms with Crippen molar-refractivity contribution in [3.63, 3.8) is 0 Å². The van der Waals surface area contributed by atoms with Crippen LogP contribution >= 0.6 is 0 Å². The SMILES string of the molecule is CCCCCCc1cn(C2C3=C(OC2(C)C)C(=O)c2ccccc2C3=O)nn1. The number of benzene rings is 1. The number of rotatable bonds is 6. The molecule has 28 heavy (non-hydrogen) atoms. The van der Waals surface area contributed by atoms with Crippen molar-refractivity contribution in [1.82, 2.24) is 15.0 Å². The van der Waals surface area contributed by atoms with E-state index in [4.69, 9.17) is 4.74 Å². The van der Waals surface area contributed by atoms with E-state index < -0.39 is 11.6 Å². The Kier molecular flexibility index (Phi) is 4.65. The topological polar surface area (TPSA) is 74.1 Å². The van der Waals surface area contributed by atoms with Gasteiger partial charge in [-0.1, -0.05) is 55.7 Å². The minimum Gasteiger partial charge on any atom is -0.481 e. The molecule has 0 radical (unpaired) electrons. The van der Waals surface area contributed by atoms with Gasteiger partial charge in [0, 0.05) is 17.3 Å². The summed E-state index contributed by atoms with van der Waals surface area (Å²) in [5.41, 5.74) is 1.34. The van der Waals surface area contributed by atoms with Gasteiger partial charge in [-0.2, -0.15) is 0 Å². The highest BCUT2D eigenvalue weighted by Crippen LogP contribution is 2.47. The molecule has 1 aliphatic heterocycles. The van der Waals surface area contributed by atoms with Gasteiger partial charge in [-0.15, -0.1) is 5.10 Å². The van der Waals surface area contributed by atoms with Gasteiger partial charge >= 0.3 is 0 Å². The second kappa shape index (κ2) is 7.00. The molecule has 2 heterocycles. The van der Waals surface area contributed by atoms with E-state index in [1.54, 1.807) is 28.9 Å². The average Bonchev–Trinajstić information content (AvgIpc) is 3.24. The number of carbonyl (C=O) groups is 2. The lowest BCUT2D eigenvalue weighted by Crippen LogP contribution is -2.34. The molecule has 0 saturated heterocycles. The summed E-state index contributed by atoms with van der Waals surface area (Å²) in [6.45, 7) is 5.94. The average molecular weight is 379 g/mol. The van der Waals surface area contributed by atoms with Crippen molar-refractivity contribution < 1.29 is 14.3 Å². The van der Waals surface area contributed by atoms with E-state index in [1.807, 2.05) is 20.0 Å². The van der Waals surface area contributed by atoms with Crippen LogP contribution in [0.4, 0.5) is 0 Å². The summed E-state index contributed by atoms with van der Waals surface area (Å²) in [4.78, 5) is 26.2. The molecule has 1 aliphatic carbocycles. The Hall–Kier alpha value is -2.76. The Balaban J connectivity index is 1.67. The number of Topliss-reactive ketones (excluding diaryl/α,β-unsaturated/α-hetero) is 2. The molecule has 1 aromatic heterocycles. The highest BCUT2D eigenvalue weighted by Gasteiger charge is 2.52. The van der Waals surface area contributed by atoms with Crippen LogP contribution in [0, 0.1) is 0 Å². The molecule has 6 heteroatoms. The van der Waals surface area contributed by atoms with Gasteiger partial charge in [-0.3, -0.25) is 9.59 Å². The van der Waals surface area contributed by atoms with E-state index in [0.717, 1.165) is 18.5 Å². The number of nitrogens with zero attached hydrogens (tertiary/aromatic N) is 3. The Labute approximate surface area is 164 Å². The minimum absolute atomic E-state index is 0.152. The molecule has 0 saturated carbocycles. The van der Waals surface area contributed by atoms with E-state index >= 15 is 0 Å². The summed E-state index contributed by atoms with van der Waals surface area (Å²) in [5.74, 6) is -0.250. The third kappa shape index (κ3) is 2.97. The fourth-order valence-corrected chi connectivity index (χ4v) is 4.13. The maximum atomic E-state index is 13.2. The smallest absolute Gasteiger partial charge is 0.228 e. The van der Waals surface area contributed by atoms with Crippen molar-refractivity contribution >= 4 is 11.6 Å². The molecule has 0 N–H and O–H groups in total. The van der Waals surface area contributed by atoms with Crippen LogP contribution in [0.15, 0.2) is 41.8 Å². The van der Waals surface area contributed by atoms with Crippen LogP contribution in [0.1, 0.15) is 78.9 Å². The highest BCUT2D eigenvalue weighted by atomic mass is 16.5. The van der Waals surface area contributed by atoms with E-state index in [9.17, 15) is 9.59 Å². The number of unbranched alkanes of at least 4 members (excludes halogenated alkanes) is 3. The summed E-state index contributed by atoms with van der Waals surface area (Å²) in [7, 11) is 0. The maximum Gasteiger partial charge on any atom is 0.228 e. The zero-order chi connectivity index (χ0) is 19.9. The minimum atomic E-state index is -0.773. The fourth-order valence-electron chi connectivity index (χ4n) is 4.13. The molecule has 2 aromatic rings. The van der Waals surface area contributed by atoms with Crippen LogP contribution in [0.25, 0.3) is 0 Å². The summed E-state index contributed by atoms with van der Waals surface area (Å²) < 4.78 is 7.69. The number of allylic oxidation sites excluding steroid dienone is 1. The van der Waals surface area contributed by atoms with Crippen LogP contribution < -0.4 is 0 Å². The summed E-state index contributed by atoms with van der Waals surface area (Å²) in [6.07, 6.45) is 7.38. The monoisotopic (exact) mass is 379 g/mol. The number of carbonyl (C=O) groups excluding carboxylic acids is 2. The molecule has 6 nitrogen and oxygen atoms in total. The van der Waals surface area contributed by atoms with Gasteiger partial charge in [0.2, 0.25) is 5.78 Å². The second-order valence-corrected chi connectivity index (χ2v) is 8.06. The third-order valence-electron chi connectivity index (χ3n) is 5.52. The Morgan fingerprint density at radius 3 is 2.50 bits per heavy atom. The van der Waals surface area contributed by atoms with E-state index in [0.29, 0.717) is 16.7 Å². The first kappa shape index (κ1) is 18.6. The molecule has 1 aromatic carbocycles. The lowest BCUT2D eigenvalue weighted by molar-refractivity contribution is 0.0246. The number of hydrogen-bond donors (Lipinski definition) is 0. The number of ketones is 2. The highest BCUT2D eigenvalue weighted by molar-refractivity contribution is 6.27. The lowest BCUT2D eigenvalue weighted by atomic mass is 9.83. The van der Waals surface area contributed by atoms with Crippen molar-refractivity contribution in [2.24, 2.45) is 0 Å². The molecule has 4 rings (SSSR count). The molecule has 0 spiro atoms. The normalized spacial score (nSPS) is 20.2. The molecule has 2 aliphatic rings. The van der Waals surface area contributed by atoms with Crippen LogP contribution in [-0.2, 0) is 11.2 Å². The molecule has 1 unspecified atom stereocenters. The third-order valence-corrected chi connectivity index (χ3v) is 5.52. The van der Waals surface area contributed by atoms with Gasteiger partial charge in [-0.25, -0.2) is 4.68 Å². The number of hydrogen-bond acceptors (Lipinski definition) is 5. The Morgan fingerprint density at radius 2 is 1.79 bits per heavy atom. The van der Waals surface area contributed by atoms with Gasteiger partial charge < -0.3 is 4.74 Å². The van der Waals surface area contributed by atoms with E-state index in [-0.39, 0.29) is 17.3 Å². The Morgan fingerprint density at radius 1 is 1.07 bits per heavy atom.